The Morgan fingerprint density at radius 1 is 1.18 bits per heavy atom. The molecule has 0 bridgehead atoms. The Hall–Kier alpha value is -2.38. The number of carbonyl (C=O) groups is 1. The summed E-state index contributed by atoms with van der Waals surface area (Å²) in [5.74, 6) is 1.17. The van der Waals surface area contributed by atoms with Gasteiger partial charge in [0.05, 0.1) is 6.42 Å². The van der Waals surface area contributed by atoms with Crippen LogP contribution in [0, 0.1) is 25.7 Å². The van der Waals surface area contributed by atoms with E-state index in [2.05, 4.69) is 29.4 Å². The van der Waals surface area contributed by atoms with Gasteiger partial charge in [0.1, 0.15) is 11.6 Å². The van der Waals surface area contributed by atoms with Crippen molar-refractivity contribution in [2.45, 2.75) is 96.7 Å². The van der Waals surface area contributed by atoms with Gasteiger partial charge in [-0.05, 0) is 69.4 Å². The van der Waals surface area contributed by atoms with Crippen LogP contribution in [0.3, 0.4) is 0 Å². The van der Waals surface area contributed by atoms with Crippen molar-refractivity contribution in [2.24, 2.45) is 11.8 Å². The summed E-state index contributed by atoms with van der Waals surface area (Å²) in [6.07, 6.45) is -0.723. The molecule has 0 spiro atoms. The third-order valence-corrected chi connectivity index (χ3v) is 7.00. The molecule has 2 saturated carbocycles. The van der Waals surface area contributed by atoms with E-state index in [0.29, 0.717) is 23.3 Å². The summed E-state index contributed by atoms with van der Waals surface area (Å²) in [7, 11) is 0. The summed E-state index contributed by atoms with van der Waals surface area (Å²) in [4.78, 5) is 12.8. The highest BCUT2D eigenvalue weighted by Crippen LogP contribution is 2.48. The van der Waals surface area contributed by atoms with Crippen LogP contribution in [0.25, 0.3) is 0 Å². The summed E-state index contributed by atoms with van der Waals surface area (Å²) in [5.41, 5.74) is 2.56. The number of nitrogens with zero attached hydrogens (tertiary/aromatic N) is 3. The summed E-state index contributed by atoms with van der Waals surface area (Å²) < 4.78 is 42.6. The molecular formula is C26H35F3N4O. The number of aryl methyl sites for hydroxylation is 2. The molecule has 2 aliphatic rings. The molecule has 34 heavy (non-hydrogen) atoms. The number of benzene rings is 1. The Bertz CT molecular complexity index is 1020. The SMILES string of the molecule is Cc1ccc(NC(=O)C[C@H](CC(F)(F)F)c2nnc(C3CC(CC(C)C)C3)n2C2CC2)c(C)c1. The zero-order valence-electron chi connectivity index (χ0n) is 20.5. The first kappa shape index (κ1) is 24.7. The van der Waals surface area contributed by atoms with Gasteiger partial charge in [-0.25, -0.2) is 0 Å². The monoisotopic (exact) mass is 476 g/mol. The van der Waals surface area contributed by atoms with Gasteiger partial charge < -0.3 is 9.88 Å². The van der Waals surface area contributed by atoms with E-state index >= 15 is 0 Å². The lowest BCUT2D eigenvalue weighted by molar-refractivity contribution is -0.140. The molecule has 2 aromatic rings. The second-order valence-corrected chi connectivity index (χ2v) is 10.8. The predicted molar refractivity (Wildman–Crippen MR) is 126 cm³/mol. The van der Waals surface area contributed by atoms with Crippen molar-refractivity contribution < 1.29 is 18.0 Å². The van der Waals surface area contributed by atoms with E-state index in [1.54, 1.807) is 6.07 Å². The number of rotatable bonds is 9. The number of alkyl halides is 3. The maximum absolute atomic E-state index is 13.6. The number of amides is 1. The Labute approximate surface area is 199 Å². The summed E-state index contributed by atoms with van der Waals surface area (Å²) in [5, 5.41) is 11.5. The van der Waals surface area contributed by atoms with Gasteiger partial charge in [0.25, 0.3) is 0 Å². The molecule has 0 saturated heterocycles. The maximum atomic E-state index is 13.6. The highest BCUT2D eigenvalue weighted by atomic mass is 19.4. The molecular weight excluding hydrogens is 441 g/mol. The maximum Gasteiger partial charge on any atom is 0.389 e. The summed E-state index contributed by atoms with van der Waals surface area (Å²) in [6.45, 7) is 8.25. The largest absolute Gasteiger partial charge is 0.389 e. The fourth-order valence-corrected chi connectivity index (χ4v) is 5.30. The van der Waals surface area contributed by atoms with Crippen LogP contribution in [-0.4, -0.2) is 26.8 Å². The molecule has 0 radical (unpaired) electrons. The van der Waals surface area contributed by atoms with Crippen molar-refractivity contribution in [3.05, 3.63) is 41.0 Å². The lowest BCUT2D eigenvalue weighted by Gasteiger charge is -2.36. The smallest absolute Gasteiger partial charge is 0.326 e. The van der Waals surface area contributed by atoms with E-state index in [4.69, 9.17) is 0 Å². The van der Waals surface area contributed by atoms with Gasteiger partial charge in [-0.3, -0.25) is 4.79 Å². The number of hydrogen-bond donors (Lipinski definition) is 1. The molecule has 0 unspecified atom stereocenters. The van der Waals surface area contributed by atoms with Crippen molar-refractivity contribution in [3.63, 3.8) is 0 Å². The fourth-order valence-electron chi connectivity index (χ4n) is 5.30. The molecule has 0 aliphatic heterocycles. The van der Waals surface area contributed by atoms with Crippen molar-refractivity contribution >= 4 is 11.6 Å². The van der Waals surface area contributed by atoms with E-state index < -0.39 is 24.4 Å². The topological polar surface area (TPSA) is 59.8 Å². The van der Waals surface area contributed by atoms with Crippen LogP contribution in [0.4, 0.5) is 18.9 Å². The van der Waals surface area contributed by atoms with Crippen molar-refractivity contribution in [2.75, 3.05) is 5.32 Å². The molecule has 1 amide bonds. The first-order chi connectivity index (χ1) is 16.0. The normalized spacial score (nSPS) is 21.4. The number of carbonyl (C=O) groups excluding carboxylic acids is 1. The first-order valence-corrected chi connectivity index (χ1v) is 12.4. The Morgan fingerprint density at radius 2 is 1.88 bits per heavy atom. The lowest BCUT2D eigenvalue weighted by Crippen LogP contribution is -2.27. The van der Waals surface area contributed by atoms with E-state index in [9.17, 15) is 18.0 Å². The second-order valence-electron chi connectivity index (χ2n) is 10.8. The van der Waals surface area contributed by atoms with Crippen LogP contribution in [0.2, 0.25) is 0 Å². The molecule has 1 atom stereocenters. The van der Waals surface area contributed by atoms with Crippen molar-refractivity contribution in [1.29, 1.82) is 0 Å². The van der Waals surface area contributed by atoms with Gasteiger partial charge in [0.15, 0.2) is 0 Å². The lowest BCUT2D eigenvalue weighted by atomic mass is 9.71. The van der Waals surface area contributed by atoms with E-state index in [1.807, 2.05) is 30.5 Å². The third kappa shape index (κ3) is 5.99. The number of anilines is 1. The Morgan fingerprint density at radius 3 is 2.47 bits per heavy atom. The molecule has 1 N–H and O–H groups in total. The Kier molecular flexibility index (Phi) is 7.06. The van der Waals surface area contributed by atoms with Gasteiger partial charge in [0.2, 0.25) is 5.91 Å². The number of aromatic nitrogens is 3. The van der Waals surface area contributed by atoms with Crippen LogP contribution in [0.1, 0.15) is 99.4 Å². The number of hydrogen-bond acceptors (Lipinski definition) is 3. The average Bonchev–Trinajstić information content (AvgIpc) is 3.43. The minimum Gasteiger partial charge on any atom is -0.326 e. The third-order valence-electron chi connectivity index (χ3n) is 7.00. The summed E-state index contributed by atoms with van der Waals surface area (Å²) >= 11 is 0. The average molecular weight is 477 g/mol. The van der Waals surface area contributed by atoms with Gasteiger partial charge in [-0.1, -0.05) is 31.5 Å². The summed E-state index contributed by atoms with van der Waals surface area (Å²) in [6, 6.07) is 5.75. The second kappa shape index (κ2) is 9.70. The molecule has 1 aromatic heterocycles. The zero-order valence-corrected chi connectivity index (χ0v) is 20.5. The van der Waals surface area contributed by atoms with Crippen molar-refractivity contribution in [3.8, 4) is 0 Å². The van der Waals surface area contributed by atoms with Crippen molar-refractivity contribution in [1.82, 2.24) is 14.8 Å². The molecule has 1 heterocycles. The first-order valence-electron chi connectivity index (χ1n) is 12.4. The van der Waals surface area contributed by atoms with Crippen LogP contribution in [-0.2, 0) is 4.79 Å². The molecule has 8 heteroatoms. The molecule has 4 rings (SSSR count). The van der Waals surface area contributed by atoms with E-state index in [1.165, 1.54) is 0 Å². The van der Waals surface area contributed by atoms with Crippen LogP contribution < -0.4 is 5.32 Å². The Balaban J connectivity index is 1.54. The minimum absolute atomic E-state index is 0.155. The number of halogens is 3. The number of nitrogens with one attached hydrogen (secondary N) is 1. The zero-order chi connectivity index (χ0) is 24.6. The predicted octanol–water partition coefficient (Wildman–Crippen LogP) is 6.83. The van der Waals surface area contributed by atoms with Gasteiger partial charge in [0, 0.05) is 30.0 Å². The fraction of sp³-hybridized carbons (Fsp3) is 0.654. The molecule has 5 nitrogen and oxygen atoms in total. The standard InChI is InChI=1S/C26H35F3N4O/c1-15(2)9-18-11-19(12-18)24-31-32-25(33(24)21-6-7-21)20(14-26(27,28)29)13-23(34)30-22-8-5-16(3)10-17(22)4/h5,8,10,15,18-21H,6-7,9,11-14H2,1-4H3,(H,30,34)/t18?,19?,20-/m1/s1. The van der Waals surface area contributed by atoms with Gasteiger partial charge in [-0.15, -0.1) is 10.2 Å². The molecule has 2 aliphatic carbocycles. The van der Waals surface area contributed by atoms with E-state index in [-0.39, 0.29) is 18.4 Å². The molecule has 2 fully saturated rings. The van der Waals surface area contributed by atoms with Crippen LogP contribution >= 0.6 is 0 Å². The van der Waals surface area contributed by atoms with Crippen LogP contribution in [0.5, 0.6) is 0 Å². The highest BCUT2D eigenvalue weighted by molar-refractivity contribution is 5.92. The van der Waals surface area contributed by atoms with E-state index in [0.717, 1.165) is 49.1 Å². The quantitative estimate of drug-likeness (QED) is 0.431. The van der Waals surface area contributed by atoms with Gasteiger partial charge >= 0.3 is 6.18 Å². The molecule has 186 valence electrons. The molecule has 1 aromatic carbocycles. The minimum atomic E-state index is -4.40. The van der Waals surface area contributed by atoms with Gasteiger partial charge in [-0.2, -0.15) is 13.2 Å². The highest BCUT2D eigenvalue weighted by Gasteiger charge is 2.42. The van der Waals surface area contributed by atoms with Crippen LogP contribution in [0.15, 0.2) is 18.2 Å².